The Morgan fingerprint density at radius 2 is 2.07 bits per heavy atom. The van der Waals surface area contributed by atoms with Gasteiger partial charge in [-0.05, 0) is 25.0 Å². The summed E-state index contributed by atoms with van der Waals surface area (Å²) in [4.78, 5) is 31.1. The van der Waals surface area contributed by atoms with Gasteiger partial charge >= 0.3 is 0 Å². The van der Waals surface area contributed by atoms with Gasteiger partial charge in [0.15, 0.2) is 5.69 Å². The van der Waals surface area contributed by atoms with E-state index >= 15 is 0 Å². The Hall–Kier alpha value is -2.65. The summed E-state index contributed by atoms with van der Waals surface area (Å²) >= 11 is 2.56. The molecule has 3 heterocycles. The molecule has 0 spiro atoms. The number of aromatic nitrogens is 3. The summed E-state index contributed by atoms with van der Waals surface area (Å²) < 4.78 is 7.87. The summed E-state index contributed by atoms with van der Waals surface area (Å²) in [5.41, 5.74) is 4.82. The van der Waals surface area contributed by atoms with Crippen LogP contribution in [0.2, 0.25) is 0 Å². The first-order valence-corrected chi connectivity index (χ1v) is 10.2. The number of nitrogens with one attached hydrogen (secondary N) is 1. The van der Waals surface area contributed by atoms with Gasteiger partial charge in [0.2, 0.25) is 5.91 Å². The second-order valence-corrected chi connectivity index (χ2v) is 7.60. The number of carbonyl (C=O) groups is 2. The van der Waals surface area contributed by atoms with Gasteiger partial charge in [0, 0.05) is 29.7 Å². The summed E-state index contributed by atoms with van der Waals surface area (Å²) in [5, 5.41) is 4.94. The standard InChI is InChI=1S/C18H17N5O2S2/c24-17(21-14-5-3-12(4-6-14)16-10-26-11-19-16)13-2-1-7-23(9-13)18(25)15-8-20-27-22-15/h3-6,8,10-11,13H,1-2,7,9H2,(H,21,24)/t13-/m0/s1. The smallest absolute Gasteiger partial charge is 0.275 e. The van der Waals surface area contributed by atoms with Crippen molar-refractivity contribution in [2.75, 3.05) is 18.4 Å². The Balaban J connectivity index is 1.38. The van der Waals surface area contributed by atoms with Crippen LogP contribution in [0.1, 0.15) is 23.3 Å². The summed E-state index contributed by atoms with van der Waals surface area (Å²) in [6.45, 7) is 1.04. The van der Waals surface area contributed by atoms with Crippen LogP contribution in [0.3, 0.4) is 0 Å². The van der Waals surface area contributed by atoms with E-state index in [1.807, 2.05) is 29.6 Å². The summed E-state index contributed by atoms with van der Waals surface area (Å²) in [6.07, 6.45) is 3.03. The molecule has 1 aliphatic heterocycles. The molecule has 138 valence electrons. The van der Waals surface area contributed by atoms with Crippen molar-refractivity contribution in [1.29, 1.82) is 0 Å². The largest absolute Gasteiger partial charge is 0.336 e. The first-order chi connectivity index (χ1) is 13.2. The van der Waals surface area contributed by atoms with E-state index in [0.29, 0.717) is 18.8 Å². The van der Waals surface area contributed by atoms with Gasteiger partial charge in [-0.3, -0.25) is 9.59 Å². The van der Waals surface area contributed by atoms with Gasteiger partial charge in [-0.1, -0.05) is 12.1 Å². The Bertz CT molecular complexity index is 910. The molecule has 4 rings (SSSR count). The van der Waals surface area contributed by atoms with Crippen LogP contribution < -0.4 is 5.32 Å². The van der Waals surface area contributed by atoms with Gasteiger partial charge in [-0.25, -0.2) is 4.98 Å². The Kier molecular flexibility index (Phi) is 5.21. The number of thiazole rings is 1. The minimum atomic E-state index is -0.229. The number of likely N-dealkylation sites (tertiary alicyclic amines) is 1. The fourth-order valence-corrected chi connectivity index (χ4v) is 4.09. The Labute approximate surface area is 164 Å². The Morgan fingerprint density at radius 1 is 1.22 bits per heavy atom. The van der Waals surface area contributed by atoms with E-state index < -0.39 is 0 Å². The molecule has 1 aliphatic rings. The lowest BCUT2D eigenvalue weighted by atomic mass is 9.96. The topological polar surface area (TPSA) is 88.1 Å². The number of carbonyl (C=O) groups excluding carboxylic acids is 2. The number of anilines is 1. The first-order valence-electron chi connectivity index (χ1n) is 8.57. The van der Waals surface area contributed by atoms with Crippen molar-refractivity contribution in [3.63, 3.8) is 0 Å². The number of benzene rings is 1. The van der Waals surface area contributed by atoms with E-state index in [1.165, 1.54) is 6.20 Å². The van der Waals surface area contributed by atoms with Crippen LogP contribution in [0, 0.1) is 5.92 Å². The highest BCUT2D eigenvalue weighted by Crippen LogP contribution is 2.23. The summed E-state index contributed by atoms with van der Waals surface area (Å²) in [6, 6.07) is 7.63. The van der Waals surface area contributed by atoms with Crippen LogP contribution in [0.15, 0.2) is 41.4 Å². The molecule has 1 fully saturated rings. The lowest BCUT2D eigenvalue weighted by Crippen LogP contribution is -2.43. The molecular formula is C18H17N5O2S2. The number of amides is 2. The third kappa shape index (κ3) is 4.04. The molecule has 0 unspecified atom stereocenters. The lowest BCUT2D eigenvalue weighted by Gasteiger charge is -2.31. The SMILES string of the molecule is O=C(Nc1ccc(-c2cscn2)cc1)[C@H]1CCCN(C(=O)c2cnsn2)C1. The van der Waals surface area contributed by atoms with Crippen LogP contribution in [0.5, 0.6) is 0 Å². The highest BCUT2D eigenvalue weighted by atomic mass is 32.1. The van der Waals surface area contributed by atoms with Crippen molar-refractivity contribution in [1.82, 2.24) is 18.6 Å². The van der Waals surface area contributed by atoms with E-state index in [9.17, 15) is 9.59 Å². The summed E-state index contributed by atoms with van der Waals surface area (Å²) in [5.74, 6) is -0.452. The number of nitrogens with zero attached hydrogens (tertiary/aromatic N) is 4. The molecule has 7 nitrogen and oxygen atoms in total. The molecular weight excluding hydrogens is 382 g/mol. The van der Waals surface area contributed by atoms with E-state index in [-0.39, 0.29) is 17.7 Å². The highest BCUT2D eigenvalue weighted by Gasteiger charge is 2.29. The normalized spacial score (nSPS) is 16.9. The van der Waals surface area contributed by atoms with Crippen molar-refractivity contribution >= 4 is 40.6 Å². The molecule has 1 saturated heterocycles. The maximum absolute atomic E-state index is 12.7. The third-order valence-corrected chi connectivity index (χ3v) is 5.60. The molecule has 1 aromatic carbocycles. The van der Waals surface area contributed by atoms with Crippen molar-refractivity contribution in [2.45, 2.75) is 12.8 Å². The number of piperidine rings is 1. The van der Waals surface area contributed by atoms with E-state index in [0.717, 1.165) is 41.5 Å². The summed E-state index contributed by atoms with van der Waals surface area (Å²) in [7, 11) is 0. The molecule has 2 amide bonds. The maximum atomic E-state index is 12.7. The fourth-order valence-electron chi connectivity index (χ4n) is 3.12. The predicted octanol–water partition coefficient (Wildman–Crippen LogP) is 3.15. The van der Waals surface area contributed by atoms with Gasteiger partial charge in [0.1, 0.15) is 0 Å². The van der Waals surface area contributed by atoms with Crippen LogP contribution in [-0.2, 0) is 4.79 Å². The molecule has 9 heteroatoms. The van der Waals surface area contributed by atoms with Crippen molar-refractivity contribution in [3.8, 4) is 11.3 Å². The van der Waals surface area contributed by atoms with Gasteiger partial charge < -0.3 is 10.2 Å². The molecule has 1 N–H and O–H groups in total. The van der Waals surface area contributed by atoms with Crippen molar-refractivity contribution < 1.29 is 9.59 Å². The van der Waals surface area contributed by atoms with Gasteiger partial charge in [-0.15, -0.1) is 11.3 Å². The zero-order valence-electron chi connectivity index (χ0n) is 14.4. The van der Waals surface area contributed by atoms with Gasteiger partial charge in [-0.2, -0.15) is 8.75 Å². The molecule has 3 aromatic rings. The average molecular weight is 400 g/mol. The molecule has 0 bridgehead atoms. The molecule has 0 aliphatic carbocycles. The first kappa shape index (κ1) is 17.7. The zero-order valence-corrected chi connectivity index (χ0v) is 16.0. The molecule has 27 heavy (non-hydrogen) atoms. The van der Waals surface area contributed by atoms with Crippen molar-refractivity contribution in [2.24, 2.45) is 5.92 Å². The quantitative estimate of drug-likeness (QED) is 0.728. The van der Waals surface area contributed by atoms with E-state index in [4.69, 9.17) is 0 Å². The third-order valence-electron chi connectivity index (χ3n) is 4.54. The average Bonchev–Trinajstić information content (AvgIpc) is 3.42. The Morgan fingerprint density at radius 3 is 2.78 bits per heavy atom. The van der Waals surface area contributed by atoms with Gasteiger partial charge in [0.25, 0.3) is 5.91 Å². The van der Waals surface area contributed by atoms with Gasteiger partial charge in [0.05, 0.1) is 35.0 Å². The second kappa shape index (κ2) is 7.93. The minimum absolute atomic E-state index is 0.0645. The van der Waals surface area contributed by atoms with Crippen LogP contribution in [0.4, 0.5) is 5.69 Å². The minimum Gasteiger partial charge on any atom is -0.336 e. The highest BCUT2D eigenvalue weighted by molar-refractivity contribution is 7.07. The monoisotopic (exact) mass is 399 g/mol. The van der Waals surface area contributed by atoms with E-state index in [2.05, 4.69) is 19.0 Å². The molecule has 0 saturated carbocycles. The number of hydrogen-bond acceptors (Lipinski definition) is 7. The zero-order chi connectivity index (χ0) is 18.6. The van der Waals surface area contributed by atoms with Crippen LogP contribution in [-0.4, -0.2) is 43.5 Å². The fraction of sp³-hybridized carbons (Fsp3) is 0.278. The second-order valence-electron chi connectivity index (χ2n) is 6.32. The molecule has 2 aromatic heterocycles. The molecule has 1 atom stereocenters. The number of rotatable bonds is 4. The van der Waals surface area contributed by atoms with Crippen molar-refractivity contribution in [3.05, 3.63) is 47.0 Å². The van der Waals surface area contributed by atoms with Crippen LogP contribution >= 0.6 is 23.1 Å². The van der Waals surface area contributed by atoms with Crippen LogP contribution in [0.25, 0.3) is 11.3 Å². The predicted molar refractivity (Wildman–Crippen MR) is 105 cm³/mol. The molecule has 0 radical (unpaired) electrons. The lowest BCUT2D eigenvalue weighted by molar-refractivity contribution is -0.121. The van der Waals surface area contributed by atoms with E-state index in [1.54, 1.807) is 21.7 Å². The number of hydrogen-bond donors (Lipinski definition) is 1. The maximum Gasteiger partial charge on any atom is 0.275 e.